The minimum absolute atomic E-state index is 0.252. The van der Waals surface area contributed by atoms with Crippen LogP contribution in [0.1, 0.15) is 30.4 Å². The molecule has 6 rings (SSSR count). The number of ether oxygens (including phenoxy) is 1. The van der Waals surface area contributed by atoms with Gasteiger partial charge in [0.05, 0.1) is 18.4 Å². The van der Waals surface area contributed by atoms with Crippen LogP contribution >= 0.6 is 0 Å². The summed E-state index contributed by atoms with van der Waals surface area (Å²) in [6.07, 6.45) is 4.79. The standard InChI is InChI=1S/C29H25N7O/c1-37-25-7-2-5-20(22(25)17-30)23-12-13-24-28(34-23)36(27(35-24)21-6-3-16-33-26(21)31)19-10-8-18(9-11-19)29(32)14-4-15-29/h2-3,5-13,16H,4,14-15,32H2,1H3,(H2,31,33). The Bertz CT molecular complexity index is 1680. The fourth-order valence-corrected chi connectivity index (χ4v) is 4.96. The molecule has 1 saturated carbocycles. The second-order valence-electron chi connectivity index (χ2n) is 9.30. The third-order valence-corrected chi connectivity index (χ3v) is 7.16. The number of pyridine rings is 2. The summed E-state index contributed by atoms with van der Waals surface area (Å²) in [5, 5.41) is 9.83. The Morgan fingerprint density at radius 3 is 2.43 bits per heavy atom. The molecule has 1 aliphatic rings. The van der Waals surface area contributed by atoms with Gasteiger partial charge in [-0.1, -0.05) is 24.3 Å². The highest BCUT2D eigenvalue weighted by Crippen LogP contribution is 2.39. The van der Waals surface area contributed by atoms with Crippen molar-refractivity contribution in [1.29, 1.82) is 5.26 Å². The normalized spacial score (nSPS) is 14.2. The Hall–Kier alpha value is -4.74. The average molecular weight is 488 g/mol. The molecule has 4 N–H and O–H groups in total. The number of imidazole rings is 1. The molecule has 0 aliphatic heterocycles. The number of nitrogens with zero attached hydrogens (tertiary/aromatic N) is 5. The van der Waals surface area contributed by atoms with Crippen LogP contribution in [0.5, 0.6) is 5.75 Å². The minimum Gasteiger partial charge on any atom is -0.495 e. The molecule has 0 unspecified atom stereocenters. The number of nitrogen functional groups attached to an aromatic ring is 1. The maximum atomic E-state index is 9.83. The van der Waals surface area contributed by atoms with Crippen LogP contribution in [0.2, 0.25) is 0 Å². The summed E-state index contributed by atoms with van der Waals surface area (Å²) in [6.45, 7) is 0. The van der Waals surface area contributed by atoms with Gasteiger partial charge in [-0.25, -0.2) is 15.0 Å². The van der Waals surface area contributed by atoms with Gasteiger partial charge < -0.3 is 16.2 Å². The highest BCUT2D eigenvalue weighted by molar-refractivity contribution is 5.85. The molecule has 0 saturated heterocycles. The van der Waals surface area contributed by atoms with E-state index in [0.717, 1.165) is 30.5 Å². The third kappa shape index (κ3) is 3.68. The summed E-state index contributed by atoms with van der Waals surface area (Å²) in [5.74, 6) is 1.52. The molecule has 3 heterocycles. The van der Waals surface area contributed by atoms with Gasteiger partial charge in [0.2, 0.25) is 0 Å². The number of aromatic nitrogens is 4. The molecule has 3 aromatic heterocycles. The Morgan fingerprint density at radius 2 is 1.76 bits per heavy atom. The van der Waals surface area contributed by atoms with Gasteiger partial charge in [0.25, 0.3) is 0 Å². The Labute approximate surface area is 214 Å². The van der Waals surface area contributed by atoms with E-state index in [2.05, 4.69) is 23.2 Å². The Balaban J connectivity index is 1.58. The molecule has 37 heavy (non-hydrogen) atoms. The number of nitrogens with two attached hydrogens (primary N) is 2. The van der Waals surface area contributed by atoms with E-state index in [1.807, 2.05) is 53.1 Å². The number of rotatable bonds is 5. The van der Waals surface area contributed by atoms with Gasteiger partial charge in [0.1, 0.15) is 28.7 Å². The first-order chi connectivity index (χ1) is 18.0. The monoisotopic (exact) mass is 487 g/mol. The van der Waals surface area contributed by atoms with Crippen molar-refractivity contribution in [2.45, 2.75) is 24.8 Å². The number of hydrogen-bond acceptors (Lipinski definition) is 7. The number of nitriles is 1. The van der Waals surface area contributed by atoms with Crippen molar-refractivity contribution < 1.29 is 4.74 Å². The van der Waals surface area contributed by atoms with E-state index in [9.17, 15) is 5.26 Å². The van der Waals surface area contributed by atoms with E-state index in [1.54, 1.807) is 19.4 Å². The van der Waals surface area contributed by atoms with Crippen LogP contribution in [-0.4, -0.2) is 26.6 Å². The van der Waals surface area contributed by atoms with Gasteiger partial charge in [-0.3, -0.25) is 4.57 Å². The molecule has 1 fully saturated rings. The highest BCUT2D eigenvalue weighted by Gasteiger charge is 2.34. The maximum absolute atomic E-state index is 9.83. The molecule has 0 spiro atoms. The smallest absolute Gasteiger partial charge is 0.165 e. The van der Waals surface area contributed by atoms with Crippen LogP contribution in [0.3, 0.4) is 0 Å². The number of methoxy groups -OCH3 is 1. The second kappa shape index (κ2) is 8.73. The fourth-order valence-electron chi connectivity index (χ4n) is 4.96. The molecule has 0 amide bonds. The van der Waals surface area contributed by atoms with Crippen molar-refractivity contribution in [3.63, 3.8) is 0 Å². The molecule has 0 bridgehead atoms. The molecular weight excluding hydrogens is 462 g/mol. The van der Waals surface area contributed by atoms with E-state index < -0.39 is 0 Å². The van der Waals surface area contributed by atoms with E-state index in [4.69, 9.17) is 26.2 Å². The van der Waals surface area contributed by atoms with Crippen LogP contribution in [-0.2, 0) is 5.54 Å². The van der Waals surface area contributed by atoms with Gasteiger partial charge in [-0.05, 0) is 67.3 Å². The van der Waals surface area contributed by atoms with Crippen LogP contribution in [0, 0.1) is 11.3 Å². The first-order valence-corrected chi connectivity index (χ1v) is 12.1. The van der Waals surface area contributed by atoms with Crippen molar-refractivity contribution in [3.05, 3.63) is 84.1 Å². The van der Waals surface area contributed by atoms with Crippen molar-refractivity contribution in [2.75, 3.05) is 12.8 Å². The Kier molecular flexibility index (Phi) is 5.36. The zero-order valence-electron chi connectivity index (χ0n) is 20.3. The van der Waals surface area contributed by atoms with E-state index in [0.29, 0.717) is 50.9 Å². The number of hydrogen-bond donors (Lipinski definition) is 2. The molecule has 0 atom stereocenters. The molecule has 1 aliphatic carbocycles. The molecular formula is C29H25N7O. The van der Waals surface area contributed by atoms with Crippen LogP contribution in [0.15, 0.2) is 72.9 Å². The molecule has 5 aromatic rings. The maximum Gasteiger partial charge on any atom is 0.165 e. The molecule has 0 radical (unpaired) electrons. The molecule has 182 valence electrons. The van der Waals surface area contributed by atoms with Gasteiger partial charge in [0.15, 0.2) is 11.5 Å². The third-order valence-electron chi connectivity index (χ3n) is 7.16. The average Bonchev–Trinajstić information content (AvgIpc) is 3.30. The fraction of sp³-hybridized carbons (Fsp3) is 0.172. The summed E-state index contributed by atoms with van der Waals surface area (Å²) in [4.78, 5) is 14.2. The molecule has 2 aromatic carbocycles. The summed E-state index contributed by atoms with van der Waals surface area (Å²) >= 11 is 0. The largest absolute Gasteiger partial charge is 0.495 e. The minimum atomic E-state index is -0.252. The van der Waals surface area contributed by atoms with Crippen molar-refractivity contribution >= 4 is 17.0 Å². The van der Waals surface area contributed by atoms with Crippen LogP contribution < -0.4 is 16.2 Å². The topological polar surface area (TPSA) is 129 Å². The van der Waals surface area contributed by atoms with E-state index in [-0.39, 0.29) is 5.54 Å². The lowest BCUT2D eigenvalue weighted by molar-refractivity contribution is 0.253. The summed E-state index contributed by atoms with van der Waals surface area (Å²) in [6, 6.07) is 23.5. The van der Waals surface area contributed by atoms with Gasteiger partial charge in [-0.15, -0.1) is 0 Å². The number of fused-ring (bicyclic) bond motifs is 1. The zero-order valence-corrected chi connectivity index (χ0v) is 20.3. The predicted octanol–water partition coefficient (Wildman–Crippen LogP) is 4.95. The predicted molar refractivity (Wildman–Crippen MR) is 143 cm³/mol. The highest BCUT2D eigenvalue weighted by atomic mass is 16.5. The summed E-state index contributed by atoms with van der Waals surface area (Å²) in [5.41, 5.74) is 18.4. The van der Waals surface area contributed by atoms with Crippen molar-refractivity contribution in [1.82, 2.24) is 19.5 Å². The van der Waals surface area contributed by atoms with Crippen molar-refractivity contribution in [2.24, 2.45) is 5.73 Å². The number of anilines is 1. The second-order valence-corrected chi connectivity index (χ2v) is 9.30. The van der Waals surface area contributed by atoms with E-state index >= 15 is 0 Å². The van der Waals surface area contributed by atoms with Gasteiger partial charge in [0, 0.05) is 23.0 Å². The lowest BCUT2D eigenvalue weighted by Gasteiger charge is -2.38. The molecule has 8 nitrogen and oxygen atoms in total. The first-order valence-electron chi connectivity index (χ1n) is 12.1. The summed E-state index contributed by atoms with van der Waals surface area (Å²) in [7, 11) is 1.55. The van der Waals surface area contributed by atoms with Gasteiger partial charge >= 0.3 is 0 Å². The van der Waals surface area contributed by atoms with Crippen LogP contribution in [0.25, 0.3) is 39.5 Å². The van der Waals surface area contributed by atoms with E-state index in [1.165, 1.54) is 0 Å². The summed E-state index contributed by atoms with van der Waals surface area (Å²) < 4.78 is 7.39. The molecule has 8 heteroatoms. The van der Waals surface area contributed by atoms with Crippen LogP contribution in [0.4, 0.5) is 5.82 Å². The first kappa shape index (κ1) is 22.7. The quantitative estimate of drug-likeness (QED) is 0.359. The lowest BCUT2D eigenvalue weighted by atomic mass is 9.73. The Morgan fingerprint density at radius 1 is 0.973 bits per heavy atom. The number of benzene rings is 2. The van der Waals surface area contributed by atoms with Crippen molar-refractivity contribution in [3.8, 4) is 40.2 Å². The van der Waals surface area contributed by atoms with Gasteiger partial charge in [-0.2, -0.15) is 5.26 Å². The lowest BCUT2D eigenvalue weighted by Crippen LogP contribution is -2.43. The zero-order chi connectivity index (χ0) is 25.6. The SMILES string of the molecule is COc1cccc(-c2ccc3nc(-c4cccnc4N)n(-c4ccc(C5(N)CCC5)cc4)c3n2)c1C#N.